The van der Waals surface area contributed by atoms with E-state index in [4.69, 9.17) is 9.47 Å². The quantitative estimate of drug-likeness (QED) is 0.610. The first kappa shape index (κ1) is 31.6. The third kappa shape index (κ3) is 9.17. The van der Waals surface area contributed by atoms with Crippen molar-refractivity contribution in [2.45, 2.75) is 41.9 Å². The minimum atomic E-state index is -0.456. The van der Waals surface area contributed by atoms with E-state index in [1.807, 2.05) is 12.1 Å². The summed E-state index contributed by atoms with van der Waals surface area (Å²) in [5.74, 6) is -0.199. The molecule has 1 radical (unpaired) electrons. The molecule has 1 fully saturated rings. The first-order valence-electron chi connectivity index (χ1n) is 11.4. The molecule has 2 aromatic rings. The van der Waals surface area contributed by atoms with Crippen molar-refractivity contribution in [1.29, 1.82) is 0 Å². The third-order valence-electron chi connectivity index (χ3n) is 5.73. The molecule has 2 amide bonds. The summed E-state index contributed by atoms with van der Waals surface area (Å²) < 4.78 is 25.0. The van der Waals surface area contributed by atoms with Gasteiger partial charge in [-0.25, -0.2) is 4.39 Å². The van der Waals surface area contributed by atoms with E-state index in [-0.39, 0.29) is 76.9 Å². The number of hydrogen-bond acceptors (Lipinski definition) is 6. The van der Waals surface area contributed by atoms with E-state index in [9.17, 15) is 18.8 Å². The molecule has 1 aliphatic rings. The number of ether oxygens (including phenoxy) is 2. The molecule has 1 unspecified atom stereocenters. The van der Waals surface area contributed by atoms with Crippen LogP contribution in [0.25, 0.3) is 0 Å². The van der Waals surface area contributed by atoms with Gasteiger partial charge in [-0.15, -0.1) is 0 Å². The number of ketones is 1. The molecule has 2 N–H and O–H groups in total. The summed E-state index contributed by atoms with van der Waals surface area (Å²) in [4.78, 5) is 39.1. The Morgan fingerprint density at radius 2 is 1.68 bits per heavy atom. The summed E-state index contributed by atoms with van der Waals surface area (Å²) in [7, 11) is 1.54. The smallest absolute Gasteiger partial charge is 0.234 e. The monoisotopic (exact) mass is 516 g/mol. The number of methoxy groups -OCH3 is 1. The Morgan fingerprint density at radius 1 is 1.00 bits per heavy atom. The summed E-state index contributed by atoms with van der Waals surface area (Å²) in [5, 5.41) is 5.54. The van der Waals surface area contributed by atoms with Crippen LogP contribution in [0.1, 0.15) is 39.8 Å². The maximum atomic E-state index is 13.9. The fraction of sp³-hybridized carbons (Fsp3) is 0.429. The zero-order valence-electron chi connectivity index (χ0n) is 20.2. The van der Waals surface area contributed by atoms with E-state index in [1.165, 1.54) is 13.2 Å². The van der Waals surface area contributed by atoms with Gasteiger partial charge in [-0.3, -0.25) is 19.3 Å². The van der Waals surface area contributed by atoms with Crippen molar-refractivity contribution < 1.29 is 28.2 Å². The van der Waals surface area contributed by atoms with Gasteiger partial charge in [0.2, 0.25) is 11.8 Å². The van der Waals surface area contributed by atoms with Crippen molar-refractivity contribution in [1.82, 2.24) is 15.5 Å². The number of para-hydroxylation sites is 1. The number of amides is 2. The second kappa shape index (κ2) is 14.9. The fourth-order valence-electron chi connectivity index (χ4n) is 3.80. The summed E-state index contributed by atoms with van der Waals surface area (Å²) in [6.07, 6.45) is 0. The van der Waals surface area contributed by atoms with Crippen LogP contribution < -0.4 is 20.1 Å². The summed E-state index contributed by atoms with van der Waals surface area (Å²) >= 11 is 0. The van der Waals surface area contributed by atoms with Crippen LogP contribution in [0.15, 0.2) is 42.5 Å². The SMILES string of the molecule is C.C.COc1ccc(CN2CC(=O)NC[C](C)C(=O)C(C)CNC(=O)C2)cc1COc1ccccc1F. The third-order valence-corrected chi connectivity index (χ3v) is 5.73. The molecule has 0 saturated carbocycles. The van der Waals surface area contributed by atoms with Gasteiger partial charge in [0.25, 0.3) is 0 Å². The topological polar surface area (TPSA) is 97.0 Å². The summed E-state index contributed by atoms with van der Waals surface area (Å²) in [5.41, 5.74) is 1.53. The first-order valence-corrected chi connectivity index (χ1v) is 11.4. The number of nitrogens with zero attached hydrogens (tertiary/aromatic N) is 1. The van der Waals surface area contributed by atoms with Crippen LogP contribution in [0.5, 0.6) is 11.5 Å². The molecular formula is C28H39FN3O5. The predicted molar refractivity (Wildman–Crippen MR) is 142 cm³/mol. The lowest BCUT2D eigenvalue weighted by Crippen LogP contribution is -2.46. The van der Waals surface area contributed by atoms with Gasteiger partial charge in [-0.2, -0.15) is 0 Å². The second-order valence-electron chi connectivity index (χ2n) is 8.64. The van der Waals surface area contributed by atoms with Gasteiger partial charge in [0, 0.05) is 31.1 Å². The fourth-order valence-corrected chi connectivity index (χ4v) is 3.80. The van der Waals surface area contributed by atoms with Crippen LogP contribution in [0.4, 0.5) is 4.39 Å². The predicted octanol–water partition coefficient (Wildman–Crippen LogP) is 3.53. The Bertz CT molecular complexity index is 1030. The van der Waals surface area contributed by atoms with Crippen molar-refractivity contribution in [2.75, 3.05) is 33.3 Å². The van der Waals surface area contributed by atoms with Crippen LogP contribution in [0, 0.1) is 17.7 Å². The Labute approximate surface area is 219 Å². The number of hydrogen-bond donors (Lipinski definition) is 2. The molecule has 8 nitrogen and oxygen atoms in total. The highest BCUT2D eigenvalue weighted by Crippen LogP contribution is 2.24. The zero-order chi connectivity index (χ0) is 25.4. The molecule has 203 valence electrons. The highest BCUT2D eigenvalue weighted by molar-refractivity contribution is 5.95. The molecule has 9 heteroatoms. The maximum absolute atomic E-state index is 13.9. The van der Waals surface area contributed by atoms with E-state index in [2.05, 4.69) is 10.6 Å². The van der Waals surface area contributed by atoms with Gasteiger partial charge >= 0.3 is 0 Å². The van der Waals surface area contributed by atoms with Gasteiger partial charge in [0.15, 0.2) is 11.6 Å². The minimum absolute atomic E-state index is 0. The molecule has 0 bridgehead atoms. The minimum Gasteiger partial charge on any atom is -0.496 e. The normalized spacial score (nSPS) is 17.7. The number of rotatable bonds is 6. The van der Waals surface area contributed by atoms with E-state index in [0.717, 1.165) is 5.56 Å². The van der Waals surface area contributed by atoms with Gasteiger partial charge < -0.3 is 20.1 Å². The average molecular weight is 517 g/mol. The van der Waals surface area contributed by atoms with Crippen LogP contribution in [-0.2, 0) is 27.5 Å². The Hall–Kier alpha value is -3.46. The number of nitrogens with one attached hydrogen (secondary N) is 2. The van der Waals surface area contributed by atoms with Crippen LogP contribution in [0.2, 0.25) is 0 Å². The number of halogens is 1. The molecule has 0 aromatic heterocycles. The highest BCUT2D eigenvalue weighted by atomic mass is 19.1. The second-order valence-corrected chi connectivity index (χ2v) is 8.64. The van der Waals surface area contributed by atoms with Crippen LogP contribution >= 0.6 is 0 Å². The molecular weight excluding hydrogens is 477 g/mol. The first-order chi connectivity index (χ1) is 16.8. The van der Waals surface area contributed by atoms with Gasteiger partial charge in [0.1, 0.15) is 18.1 Å². The number of carbonyl (C=O) groups is 3. The molecule has 1 aliphatic heterocycles. The van der Waals surface area contributed by atoms with Crippen LogP contribution in [0.3, 0.4) is 0 Å². The largest absolute Gasteiger partial charge is 0.496 e. The summed E-state index contributed by atoms with van der Waals surface area (Å²) in [6.45, 7) is 4.21. The molecule has 1 saturated heterocycles. The highest BCUT2D eigenvalue weighted by Gasteiger charge is 2.24. The van der Waals surface area contributed by atoms with Crippen molar-refractivity contribution in [3.05, 3.63) is 65.3 Å². The lowest BCUT2D eigenvalue weighted by Gasteiger charge is -2.24. The van der Waals surface area contributed by atoms with E-state index in [1.54, 1.807) is 43.0 Å². The Kier molecular flexibility index (Phi) is 12.8. The van der Waals surface area contributed by atoms with E-state index < -0.39 is 5.82 Å². The number of Topliss-reactive ketones (excluding diaryl/α,β-unsaturated/α-hetero) is 1. The van der Waals surface area contributed by atoms with Crippen molar-refractivity contribution in [3.8, 4) is 11.5 Å². The molecule has 0 spiro atoms. The maximum Gasteiger partial charge on any atom is 0.234 e. The molecule has 1 atom stereocenters. The summed E-state index contributed by atoms with van der Waals surface area (Å²) in [6, 6.07) is 11.6. The number of benzene rings is 2. The molecule has 0 aliphatic carbocycles. The van der Waals surface area contributed by atoms with Crippen molar-refractivity contribution in [3.63, 3.8) is 0 Å². The Balaban J connectivity index is 0.00000342. The van der Waals surface area contributed by atoms with E-state index >= 15 is 0 Å². The van der Waals surface area contributed by atoms with Crippen LogP contribution in [-0.4, -0.2) is 55.8 Å². The molecule has 2 aromatic carbocycles. The average Bonchev–Trinajstić information content (AvgIpc) is 2.84. The van der Waals surface area contributed by atoms with E-state index in [0.29, 0.717) is 23.8 Å². The lowest BCUT2D eigenvalue weighted by atomic mass is 9.95. The zero-order valence-corrected chi connectivity index (χ0v) is 20.2. The van der Waals surface area contributed by atoms with Crippen molar-refractivity contribution in [2.24, 2.45) is 5.92 Å². The standard InChI is InChI=1S/C26H31FN3O5.2CH4/c1-17-11-28-24(31)14-30(15-25(32)29-12-18(2)26(17)33)13-19-8-9-22(34-3)20(10-19)16-35-23-7-5-4-6-21(23)27;;/h4-10,17H,11-16H2,1-3H3,(H,28,31)(H,29,32);2*1H4. The van der Waals surface area contributed by atoms with Gasteiger partial charge in [0.05, 0.1) is 26.1 Å². The lowest BCUT2D eigenvalue weighted by molar-refractivity contribution is -0.126. The van der Waals surface area contributed by atoms with Gasteiger partial charge in [-0.05, 0) is 36.8 Å². The van der Waals surface area contributed by atoms with Gasteiger partial charge in [-0.1, -0.05) is 40.0 Å². The van der Waals surface area contributed by atoms with Crippen molar-refractivity contribution >= 4 is 17.6 Å². The molecule has 1 heterocycles. The molecule has 37 heavy (non-hydrogen) atoms. The Morgan fingerprint density at radius 3 is 2.35 bits per heavy atom. The number of carbonyl (C=O) groups excluding carboxylic acids is 3. The molecule has 3 rings (SSSR count).